The molecule has 0 radical (unpaired) electrons. The molecule has 0 fully saturated rings. The topological polar surface area (TPSA) is 72.9 Å². The van der Waals surface area contributed by atoms with Crippen LogP contribution in [0.1, 0.15) is 12.5 Å². The zero-order chi connectivity index (χ0) is 15.4. The summed E-state index contributed by atoms with van der Waals surface area (Å²) in [5.74, 6) is -1.54. The third-order valence-electron chi connectivity index (χ3n) is 3.02. The summed E-state index contributed by atoms with van der Waals surface area (Å²) in [6.07, 6.45) is 1.13. The Kier molecular flexibility index (Phi) is 4.37. The van der Waals surface area contributed by atoms with Gasteiger partial charge in [-0.25, -0.2) is 4.79 Å². The summed E-state index contributed by atoms with van der Waals surface area (Å²) in [7, 11) is 1.24. The third-order valence-corrected chi connectivity index (χ3v) is 3.02. The van der Waals surface area contributed by atoms with Crippen LogP contribution in [-0.2, 0) is 23.9 Å². The van der Waals surface area contributed by atoms with E-state index in [1.165, 1.54) is 12.0 Å². The van der Waals surface area contributed by atoms with E-state index in [9.17, 15) is 14.4 Å². The van der Waals surface area contributed by atoms with Crippen molar-refractivity contribution >= 4 is 29.1 Å². The highest BCUT2D eigenvalue weighted by molar-refractivity contribution is 6.35. The molecule has 1 amide bonds. The number of carbonyl (C=O) groups is 3. The Bertz CT molecular complexity index is 620. The third kappa shape index (κ3) is 2.94. The first-order valence-electron chi connectivity index (χ1n) is 6.45. The summed E-state index contributed by atoms with van der Waals surface area (Å²) in [5.41, 5.74) is 1.38. The van der Waals surface area contributed by atoms with Gasteiger partial charge in [0.25, 0.3) is 5.91 Å². The van der Waals surface area contributed by atoms with Crippen LogP contribution in [0.25, 0.3) is 5.57 Å². The number of methoxy groups -OCH3 is 1. The van der Waals surface area contributed by atoms with Gasteiger partial charge in [-0.2, -0.15) is 0 Å². The van der Waals surface area contributed by atoms with Gasteiger partial charge in [0.1, 0.15) is 6.54 Å². The smallest absolute Gasteiger partial charge is 0.331 e. The SMILES string of the molecule is CCOC(=O)CN1C(=O)/C(=C/C(=O)OC)c2ccccc21. The van der Waals surface area contributed by atoms with Crippen LogP contribution in [0.5, 0.6) is 0 Å². The van der Waals surface area contributed by atoms with Crippen molar-refractivity contribution in [1.82, 2.24) is 0 Å². The molecule has 1 heterocycles. The van der Waals surface area contributed by atoms with Crippen LogP contribution in [0, 0.1) is 0 Å². The van der Waals surface area contributed by atoms with E-state index in [1.807, 2.05) is 0 Å². The molecule has 0 aromatic heterocycles. The molecule has 21 heavy (non-hydrogen) atoms. The van der Waals surface area contributed by atoms with Crippen LogP contribution < -0.4 is 4.90 Å². The maximum Gasteiger partial charge on any atom is 0.331 e. The van der Waals surface area contributed by atoms with E-state index in [2.05, 4.69) is 4.74 Å². The lowest BCUT2D eigenvalue weighted by Gasteiger charge is -2.15. The number of hydrogen-bond acceptors (Lipinski definition) is 5. The second kappa shape index (κ2) is 6.21. The molecule has 0 aliphatic carbocycles. The van der Waals surface area contributed by atoms with E-state index in [0.717, 1.165) is 6.08 Å². The largest absolute Gasteiger partial charge is 0.466 e. The number of rotatable bonds is 4. The second-order valence-electron chi connectivity index (χ2n) is 4.29. The number of nitrogens with zero attached hydrogens (tertiary/aromatic N) is 1. The van der Waals surface area contributed by atoms with E-state index < -0.39 is 17.8 Å². The number of fused-ring (bicyclic) bond motifs is 1. The van der Waals surface area contributed by atoms with Crippen molar-refractivity contribution in [3.63, 3.8) is 0 Å². The Balaban J connectivity index is 2.37. The van der Waals surface area contributed by atoms with E-state index in [-0.39, 0.29) is 18.7 Å². The minimum Gasteiger partial charge on any atom is -0.466 e. The quantitative estimate of drug-likeness (QED) is 0.614. The van der Waals surface area contributed by atoms with Crippen molar-refractivity contribution in [3.05, 3.63) is 35.9 Å². The maximum atomic E-state index is 12.4. The Morgan fingerprint density at radius 1 is 1.29 bits per heavy atom. The molecule has 1 aromatic carbocycles. The van der Waals surface area contributed by atoms with Gasteiger partial charge in [0.2, 0.25) is 0 Å². The molecule has 0 bridgehead atoms. The lowest BCUT2D eigenvalue weighted by atomic mass is 10.1. The normalized spacial score (nSPS) is 15.0. The molecule has 0 saturated carbocycles. The second-order valence-corrected chi connectivity index (χ2v) is 4.29. The van der Waals surface area contributed by atoms with Crippen molar-refractivity contribution in [2.45, 2.75) is 6.92 Å². The van der Waals surface area contributed by atoms with Crippen molar-refractivity contribution in [3.8, 4) is 0 Å². The molecular formula is C15H15NO5. The number of para-hydroxylation sites is 1. The fraction of sp³-hybridized carbons (Fsp3) is 0.267. The van der Waals surface area contributed by atoms with Crippen LogP contribution in [0.2, 0.25) is 0 Å². The number of benzene rings is 1. The molecule has 0 unspecified atom stereocenters. The summed E-state index contributed by atoms with van der Waals surface area (Å²) in [4.78, 5) is 36.7. The number of esters is 2. The fourth-order valence-electron chi connectivity index (χ4n) is 2.12. The molecule has 2 rings (SSSR count). The molecule has 6 heteroatoms. The highest BCUT2D eigenvalue weighted by atomic mass is 16.5. The van der Waals surface area contributed by atoms with E-state index in [0.29, 0.717) is 11.3 Å². The molecule has 0 saturated heterocycles. The molecule has 0 N–H and O–H groups in total. The summed E-state index contributed by atoms with van der Waals surface area (Å²) in [6.45, 7) is 1.75. The van der Waals surface area contributed by atoms with Gasteiger partial charge in [-0.3, -0.25) is 14.5 Å². The van der Waals surface area contributed by atoms with Gasteiger partial charge in [0.05, 0.1) is 25.0 Å². The van der Waals surface area contributed by atoms with E-state index in [1.54, 1.807) is 31.2 Å². The highest BCUT2D eigenvalue weighted by Gasteiger charge is 2.34. The predicted molar refractivity (Wildman–Crippen MR) is 75.4 cm³/mol. The van der Waals surface area contributed by atoms with Gasteiger partial charge in [0.15, 0.2) is 0 Å². The van der Waals surface area contributed by atoms with Crippen molar-refractivity contribution in [2.75, 3.05) is 25.2 Å². The molecule has 1 aliphatic heterocycles. The van der Waals surface area contributed by atoms with Gasteiger partial charge < -0.3 is 9.47 Å². The summed E-state index contributed by atoms with van der Waals surface area (Å²) >= 11 is 0. The molecule has 110 valence electrons. The van der Waals surface area contributed by atoms with Crippen LogP contribution in [0.4, 0.5) is 5.69 Å². The Morgan fingerprint density at radius 2 is 2.00 bits per heavy atom. The average molecular weight is 289 g/mol. The number of hydrogen-bond donors (Lipinski definition) is 0. The minimum absolute atomic E-state index is 0.192. The van der Waals surface area contributed by atoms with Gasteiger partial charge >= 0.3 is 11.9 Å². The van der Waals surface area contributed by atoms with Crippen LogP contribution in [0.3, 0.4) is 0 Å². The zero-order valence-corrected chi connectivity index (χ0v) is 11.8. The first kappa shape index (κ1) is 14.8. The average Bonchev–Trinajstić information content (AvgIpc) is 2.73. The minimum atomic E-state index is -0.619. The molecule has 0 spiro atoms. The Labute approximate surface area is 121 Å². The standard InChI is InChI=1S/C15H15NO5/c1-3-21-14(18)9-16-12-7-5-4-6-10(12)11(15(16)19)8-13(17)20-2/h4-8H,3,9H2,1-2H3/b11-8+. The lowest BCUT2D eigenvalue weighted by molar-refractivity contribution is -0.142. The fourth-order valence-corrected chi connectivity index (χ4v) is 2.12. The number of ether oxygens (including phenoxy) is 2. The highest BCUT2D eigenvalue weighted by Crippen LogP contribution is 2.36. The molecule has 6 nitrogen and oxygen atoms in total. The van der Waals surface area contributed by atoms with E-state index in [4.69, 9.17) is 4.74 Å². The van der Waals surface area contributed by atoms with Gasteiger partial charge in [-0.1, -0.05) is 18.2 Å². The first-order chi connectivity index (χ1) is 10.1. The molecular weight excluding hydrogens is 274 g/mol. The van der Waals surface area contributed by atoms with Crippen LogP contribution >= 0.6 is 0 Å². The van der Waals surface area contributed by atoms with Gasteiger partial charge in [-0.15, -0.1) is 0 Å². The Hall–Kier alpha value is -2.63. The lowest BCUT2D eigenvalue weighted by Crippen LogP contribution is -2.33. The molecule has 1 aromatic rings. The first-order valence-corrected chi connectivity index (χ1v) is 6.45. The van der Waals surface area contributed by atoms with Gasteiger partial charge in [0, 0.05) is 11.6 Å². The van der Waals surface area contributed by atoms with Crippen LogP contribution in [0.15, 0.2) is 30.3 Å². The van der Waals surface area contributed by atoms with Crippen molar-refractivity contribution in [2.24, 2.45) is 0 Å². The predicted octanol–water partition coefficient (Wildman–Crippen LogP) is 1.15. The maximum absolute atomic E-state index is 12.4. The van der Waals surface area contributed by atoms with Crippen molar-refractivity contribution < 1.29 is 23.9 Å². The van der Waals surface area contributed by atoms with Gasteiger partial charge in [-0.05, 0) is 13.0 Å². The van der Waals surface area contributed by atoms with Crippen molar-refractivity contribution in [1.29, 1.82) is 0 Å². The number of amides is 1. The monoisotopic (exact) mass is 289 g/mol. The summed E-state index contributed by atoms with van der Waals surface area (Å²) < 4.78 is 9.41. The Morgan fingerprint density at radius 3 is 2.67 bits per heavy atom. The molecule has 1 aliphatic rings. The summed E-state index contributed by atoms with van der Waals surface area (Å²) in [6, 6.07) is 6.94. The number of anilines is 1. The zero-order valence-electron chi connectivity index (χ0n) is 11.8. The number of carbonyl (C=O) groups excluding carboxylic acids is 3. The van der Waals surface area contributed by atoms with Crippen LogP contribution in [-0.4, -0.2) is 38.1 Å². The van der Waals surface area contributed by atoms with E-state index >= 15 is 0 Å². The molecule has 0 atom stereocenters. The summed E-state index contributed by atoms with van der Waals surface area (Å²) in [5, 5.41) is 0.